The number of aromatic nitrogens is 3. The van der Waals surface area contributed by atoms with Crippen molar-refractivity contribution in [2.45, 2.75) is 13.1 Å². The highest BCUT2D eigenvalue weighted by Gasteiger charge is 2.30. The van der Waals surface area contributed by atoms with Crippen LogP contribution in [0.15, 0.2) is 47.4 Å². The average Bonchev–Trinajstić information content (AvgIpc) is 3.41. The van der Waals surface area contributed by atoms with Crippen molar-refractivity contribution in [3.8, 4) is 28.3 Å². The maximum absolute atomic E-state index is 12.5. The predicted molar refractivity (Wildman–Crippen MR) is 113 cm³/mol. The lowest BCUT2D eigenvalue weighted by atomic mass is 10.1. The molecule has 0 unspecified atom stereocenters. The second kappa shape index (κ2) is 8.49. The van der Waals surface area contributed by atoms with E-state index in [4.69, 9.17) is 14.0 Å². The molecule has 172 valence electrons. The zero-order chi connectivity index (χ0) is 23.8. The van der Waals surface area contributed by atoms with Gasteiger partial charge in [0, 0.05) is 17.7 Å². The van der Waals surface area contributed by atoms with Crippen molar-refractivity contribution in [2.75, 3.05) is 20.8 Å². The highest BCUT2D eigenvalue weighted by molar-refractivity contribution is 6.00. The fourth-order valence-electron chi connectivity index (χ4n) is 3.49. The number of benzene rings is 2. The Morgan fingerprint density at radius 1 is 1.15 bits per heavy atom. The standard InChI is InChI=1S/C22H19F3N4O4/c1-12-15(9-33-28-12)13-4-5-17-16(6-13)27-11-29(17)14-7-18(31-2)20(19(8-14)32-3)21(30)26-10-22(23,24)25/h4-9,11H,10H2,1-3H3,(H,26,30). The van der Waals surface area contributed by atoms with Gasteiger partial charge in [0.05, 0.1) is 36.6 Å². The topological polar surface area (TPSA) is 91.4 Å². The molecule has 1 N–H and O–H groups in total. The summed E-state index contributed by atoms with van der Waals surface area (Å²) < 4.78 is 55.0. The summed E-state index contributed by atoms with van der Waals surface area (Å²) >= 11 is 0. The number of carbonyl (C=O) groups excluding carboxylic acids is 1. The number of imidazole rings is 1. The normalized spacial score (nSPS) is 11.6. The monoisotopic (exact) mass is 460 g/mol. The predicted octanol–water partition coefficient (Wildman–Crippen LogP) is 4.30. The van der Waals surface area contributed by atoms with Crippen LogP contribution in [0, 0.1) is 6.92 Å². The van der Waals surface area contributed by atoms with Gasteiger partial charge in [-0.25, -0.2) is 4.98 Å². The van der Waals surface area contributed by atoms with Gasteiger partial charge in [-0.1, -0.05) is 11.2 Å². The molecule has 0 atom stereocenters. The molecule has 0 saturated heterocycles. The van der Waals surface area contributed by atoms with Crippen molar-refractivity contribution < 1.29 is 32.0 Å². The lowest BCUT2D eigenvalue weighted by Gasteiger charge is -2.16. The summed E-state index contributed by atoms with van der Waals surface area (Å²) in [6, 6.07) is 8.72. The first-order chi connectivity index (χ1) is 15.7. The molecule has 2 heterocycles. The van der Waals surface area contributed by atoms with Crippen molar-refractivity contribution in [3.63, 3.8) is 0 Å². The summed E-state index contributed by atoms with van der Waals surface area (Å²) in [5.74, 6) is -0.845. The summed E-state index contributed by atoms with van der Waals surface area (Å²) in [5, 5.41) is 5.73. The second-order valence-corrected chi connectivity index (χ2v) is 7.15. The Bertz CT molecular complexity index is 1300. The van der Waals surface area contributed by atoms with Crippen LogP contribution in [0.4, 0.5) is 13.2 Å². The van der Waals surface area contributed by atoms with Crippen LogP contribution in [-0.4, -0.2) is 47.6 Å². The van der Waals surface area contributed by atoms with Crippen molar-refractivity contribution in [3.05, 3.63) is 54.2 Å². The first-order valence-corrected chi connectivity index (χ1v) is 9.71. The van der Waals surface area contributed by atoms with E-state index in [-0.39, 0.29) is 17.1 Å². The zero-order valence-electron chi connectivity index (χ0n) is 17.9. The number of carbonyl (C=O) groups is 1. The van der Waals surface area contributed by atoms with Gasteiger partial charge >= 0.3 is 6.18 Å². The van der Waals surface area contributed by atoms with Crippen LogP contribution >= 0.6 is 0 Å². The molecular formula is C22H19F3N4O4. The SMILES string of the molecule is COc1cc(-n2cnc3cc(-c4conc4C)ccc32)cc(OC)c1C(=O)NCC(F)(F)F. The van der Waals surface area contributed by atoms with E-state index in [1.807, 2.05) is 30.4 Å². The Hall–Kier alpha value is -4.02. The highest BCUT2D eigenvalue weighted by Crippen LogP contribution is 2.34. The van der Waals surface area contributed by atoms with Crippen LogP contribution in [0.5, 0.6) is 11.5 Å². The Balaban J connectivity index is 1.75. The zero-order valence-corrected chi connectivity index (χ0v) is 17.9. The molecule has 11 heteroatoms. The minimum Gasteiger partial charge on any atom is -0.496 e. The Labute approximate surface area is 185 Å². The quantitative estimate of drug-likeness (QED) is 0.461. The van der Waals surface area contributed by atoms with Gasteiger partial charge in [-0.2, -0.15) is 13.2 Å². The number of aryl methyl sites for hydroxylation is 1. The lowest BCUT2D eigenvalue weighted by Crippen LogP contribution is -2.34. The van der Waals surface area contributed by atoms with E-state index in [9.17, 15) is 18.0 Å². The molecule has 1 amide bonds. The molecule has 0 saturated carbocycles. The molecule has 4 rings (SSSR count). The van der Waals surface area contributed by atoms with E-state index in [1.165, 1.54) is 26.4 Å². The van der Waals surface area contributed by atoms with Crippen LogP contribution in [0.25, 0.3) is 27.8 Å². The number of ether oxygens (including phenoxy) is 2. The van der Waals surface area contributed by atoms with Gasteiger partial charge in [0.1, 0.15) is 36.2 Å². The molecule has 0 aliphatic heterocycles. The number of nitrogens with one attached hydrogen (secondary N) is 1. The third-order valence-electron chi connectivity index (χ3n) is 5.05. The lowest BCUT2D eigenvalue weighted by molar-refractivity contribution is -0.123. The maximum atomic E-state index is 12.5. The highest BCUT2D eigenvalue weighted by atomic mass is 19.4. The van der Waals surface area contributed by atoms with E-state index in [1.54, 1.807) is 17.2 Å². The van der Waals surface area contributed by atoms with Gasteiger partial charge in [-0.15, -0.1) is 0 Å². The number of nitrogens with zero attached hydrogens (tertiary/aromatic N) is 3. The smallest absolute Gasteiger partial charge is 0.405 e. The van der Waals surface area contributed by atoms with E-state index in [0.717, 1.165) is 22.3 Å². The third kappa shape index (κ3) is 4.34. The first kappa shape index (κ1) is 22.2. The first-order valence-electron chi connectivity index (χ1n) is 9.71. The van der Waals surface area contributed by atoms with Crippen molar-refractivity contribution in [2.24, 2.45) is 0 Å². The van der Waals surface area contributed by atoms with E-state index in [2.05, 4.69) is 10.1 Å². The minimum atomic E-state index is -4.55. The third-order valence-corrected chi connectivity index (χ3v) is 5.05. The molecule has 0 aliphatic rings. The molecular weight excluding hydrogens is 441 g/mol. The van der Waals surface area contributed by atoms with Gasteiger partial charge < -0.3 is 19.3 Å². The summed E-state index contributed by atoms with van der Waals surface area (Å²) in [7, 11) is 2.64. The molecule has 8 nitrogen and oxygen atoms in total. The van der Waals surface area contributed by atoms with Gasteiger partial charge in [0.15, 0.2) is 0 Å². The number of halogens is 3. The number of alkyl halides is 3. The molecule has 0 fully saturated rings. The summed E-state index contributed by atoms with van der Waals surface area (Å²) in [5.41, 5.74) is 4.35. The van der Waals surface area contributed by atoms with Crippen molar-refractivity contribution in [1.82, 2.24) is 20.0 Å². The summed E-state index contributed by atoms with van der Waals surface area (Å²) in [6.45, 7) is 0.368. The van der Waals surface area contributed by atoms with E-state index in [0.29, 0.717) is 11.2 Å². The molecule has 0 bridgehead atoms. The average molecular weight is 460 g/mol. The Kier molecular flexibility index (Phi) is 5.71. The number of rotatable bonds is 6. The van der Waals surface area contributed by atoms with Gasteiger partial charge in [0.25, 0.3) is 5.91 Å². The maximum Gasteiger partial charge on any atom is 0.405 e. The van der Waals surface area contributed by atoms with Crippen LogP contribution in [-0.2, 0) is 0 Å². The molecule has 0 aliphatic carbocycles. The van der Waals surface area contributed by atoms with Gasteiger partial charge in [-0.3, -0.25) is 9.36 Å². The number of methoxy groups -OCH3 is 2. The van der Waals surface area contributed by atoms with Crippen LogP contribution < -0.4 is 14.8 Å². The summed E-state index contributed by atoms with van der Waals surface area (Å²) in [6.07, 6.45) is -1.39. The molecule has 2 aromatic carbocycles. The van der Waals surface area contributed by atoms with Crippen LogP contribution in [0.3, 0.4) is 0 Å². The van der Waals surface area contributed by atoms with Crippen LogP contribution in [0.2, 0.25) is 0 Å². The largest absolute Gasteiger partial charge is 0.496 e. The van der Waals surface area contributed by atoms with E-state index < -0.39 is 18.6 Å². The van der Waals surface area contributed by atoms with E-state index >= 15 is 0 Å². The molecule has 33 heavy (non-hydrogen) atoms. The number of hydrogen-bond donors (Lipinski definition) is 1. The Morgan fingerprint density at radius 2 is 1.85 bits per heavy atom. The molecule has 0 radical (unpaired) electrons. The molecule has 0 spiro atoms. The van der Waals surface area contributed by atoms with Gasteiger partial charge in [0.2, 0.25) is 0 Å². The fourth-order valence-corrected chi connectivity index (χ4v) is 3.49. The summed E-state index contributed by atoms with van der Waals surface area (Å²) in [4.78, 5) is 16.9. The number of hydrogen-bond acceptors (Lipinski definition) is 6. The number of fused-ring (bicyclic) bond motifs is 1. The minimum absolute atomic E-state index is 0.0580. The molecule has 4 aromatic rings. The number of amides is 1. The van der Waals surface area contributed by atoms with Gasteiger partial charge in [-0.05, 0) is 24.6 Å². The Morgan fingerprint density at radius 3 is 2.42 bits per heavy atom. The van der Waals surface area contributed by atoms with Crippen molar-refractivity contribution >= 4 is 16.9 Å². The van der Waals surface area contributed by atoms with Crippen molar-refractivity contribution in [1.29, 1.82) is 0 Å². The van der Waals surface area contributed by atoms with Crippen LogP contribution in [0.1, 0.15) is 16.1 Å². The molecule has 2 aromatic heterocycles. The second-order valence-electron chi connectivity index (χ2n) is 7.15. The fraction of sp³-hybridized carbons (Fsp3) is 0.227.